The van der Waals surface area contributed by atoms with Crippen molar-refractivity contribution in [1.82, 2.24) is 84.7 Å². The molecule has 5 aromatic rings. The van der Waals surface area contributed by atoms with Gasteiger partial charge in [0.25, 0.3) is 0 Å². The number of para-hydroxylation sites is 1. The second-order valence-electron chi connectivity index (χ2n) is 37.1. The maximum Gasteiger partial charge on any atom is 0.246 e. The van der Waals surface area contributed by atoms with Crippen molar-refractivity contribution < 1.29 is 101 Å². The lowest BCUT2D eigenvalue weighted by atomic mass is 9.68. The van der Waals surface area contributed by atoms with Gasteiger partial charge in [-0.3, -0.25) is 91.7 Å². The van der Waals surface area contributed by atoms with Gasteiger partial charge in [-0.15, -0.1) is 0 Å². The van der Waals surface area contributed by atoms with Crippen LogP contribution in [-0.4, -0.2) is 264 Å². The number of aliphatic hydroxyl groups excluding tert-OH is 1. The lowest BCUT2D eigenvalue weighted by Crippen LogP contribution is -2.67. The topological polar surface area (TPSA) is 748 Å². The standard InChI is InChI=1S/C97H140N24O21S/c1-54(122)82-94(139)117-75(48-62-52-108-66-22-11-10-21-65(62)66)90(135)111-69(31-33-78(99)124)86(131)118-77(53-143-44-35-71(87(132)110-70(88(133)120-82)32-34-79(100)125)112-84(129)67(109-55(2)123)24-14-40-107-96(104)105)92(137)114-73(46-56-26-29-63(30-27-56)142-43-38-98)89(134)115-74(47-57-25-28-58-15-6-7-18-60(58)45-57)93(138)121-97(36-41-141-42-37-97)95(140)119-68(85(130)116-76(50-81(102)127)91(136)113-72(83(103)128)49-80(101)126)23-12-13-39-106-51-61-19-8-9-20-64(61)59-16-4-3-5-17-59/h6-7,10-11,15,18,21-22,25-30,45,52,54,59,61,64,67-77,82,106,108,122H,3-5,8-9,12-14,16-17,19-20,23-24,31-44,46-51,53,98H2,1-2H3,(H2,99,124)(H2,100,125)(H2,101,126)(H2,102,127)(H2,103,128)(H,109,123)(H,110,132)(H,111,135)(H,112,129)(H,113,136)(H,114,137)(H,115,134)(H,116,130)(H,117,139)(H,118,131)(H,119,140)(H,120,133)(H,121,138)(H4,104,105,107). The van der Waals surface area contributed by atoms with Gasteiger partial charge in [0.2, 0.25) is 106 Å². The Kier molecular flexibility index (Phi) is 45.0. The molecule has 0 spiro atoms. The predicted octanol–water partition coefficient (Wildman–Crippen LogP) is -3.12. The highest BCUT2D eigenvalue weighted by Crippen LogP contribution is 2.42. The van der Waals surface area contributed by atoms with E-state index in [1.807, 2.05) is 18.2 Å². The third kappa shape index (κ3) is 36.4. The zero-order valence-corrected chi connectivity index (χ0v) is 81.6. The number of hydrogen-bond acceptors (Lipinski definition) is 25. The molecular formula is C97H140N24O21S. The number of hydrogen-bond donors (Lipinski definition) is 25. The Bertz CT molecular complexity index is 5270. The molecule has 2 aliphatic heterocycles. The van der Waals surface area contributed by atoms with Gasteiger partial charge in [0.1, 0.15) is 90.4 Å². The van der Waals surface area contributed by atoms with Crippen LogP contribution in [0.15, 0.2) is 97.2 Å². The van der Waals surface area contributed by atoms with E-state index in [9.17, 15) is 53.1 Å². The van der Waals surface area contributed by atoms with Crippen LogP contribution in [0.1, 0.15) is 178 Å². The number of primary amides is 5. The first-order valence-corrected chi connectivity index (χ1v) is 49.9. The molecule has 780 valence electrons. The zero-order chi connectivity index (χ0) is 104. The Hall–Kier alpha value is -13.6. The molecule has 46 heteroatoms. The van der Waals surface area contributed by atoms with Gasteiger partial charge in [-0.25, -0.2) is 0 Å². The normalized spacial score (nSPS) is 21.0. The first kappa shape index (κ1) is 113. The molecular weight excluding hydrogens is 1870 g/mol. The van der Waals surface area contributed by atoms with Crippen LogP contribution in [0, 0.1) is 23.2 Å². The van der Waals surface area contributed by atoms with E-state index in [0.29, 0.717) is 69.4 Å². The second kappa shape index (κ2) is 56.9. The molecule has 18 amide bonds. The van der Waals surface area contributed by atoms with Crippen LogP contribution in [0.3, 0.4) is 0 Å². The first-order valence-electron chi connectivity index (χ1n) is 48.8. The van der Waals surface area contributed by atoms with Crippen LogP contribution >= 0.6 is 11.8 Å². The Morgan fingerprint density at radius 2 is 1.15 bits per heavy atom. The molecule has 9 rings (SSSR count). The molecule has 45 nitrogen and oxygen atoms in total. The molecule has 4 aromatic carbocycles. The number of nitrogens with one attached hydrogen (secondary N) is 17. The van der Waals surface area contributed by atoms with Gasteiger partial charge >= 0.3 is 0 Å². The molecule has 2 saturated heterocycles. The number of unbranched alkanes of at least 4 members (excludes halogenated alkanes) is 1. The minimum absolute atomic E-state index is 0.0561. The fourth-order valence-corrected chi connectivity index (χ4v) is 19.4. The van der Waals surface area contributed by atoms with Crippen molar-refractivity contribution >= 4 is 146 Å². The fourth-order valence-electron chi connectivity index (χ4n) is 18.4. The molecule has 0 radical (unpaired) electrons. The van der Waals surface area contributed by atoms with Crippen LogP contribution in [0.25, 0.3) is 21.7 Å². The summed E-state index contributed by atoms with van der Waals surface area (Å²) in [7, 11) is 0. The van der Waals surface area contributed by atoms with E-state index in [1.54, 1.807) is 79.0 Å². The number of benzene rings is 4. The van der Waals surface area contributed by atoms with E-state index >= 15 is 38.4 Å². The number of nitrogens with two attached hydrogens (primary N) is 7. The number of aromatic amines is 1. The van der Waals surface area contributed by atoms with E-state index in [1.165, 1.54) is 44.9 Å². The van der Waals surface area contributed by atoms with Crippen molar-refractivity contribution in [3.63, 3.8) is 0 Å². The molecule has 4 fully saturated rings. The van der Waals surface area contributed by atoms with Crippen LogP contribution in [-0.2, 0) is 110 Å². The summed E-state index contributed by atoms with van der Waals surface area (Å²) in [5.41, 5.74) is 39.0. The van der Waals surface area contributed by atoms with Gasteiger partial charge in [-0.05, 0) is 153 Å². The molecule has 15 unspecified atom stereocenters. The number of carbonyl (C=O) groups excluding carboxylic acids is 18. The predicted molar refractivity (Wildman–Crippen MR) is 529 cm³/mol. The summed E-state index contributed by atoms with van der Waals surface area (Å²) in [4.78, 5) is 261. The number of ether oxygens (including phenoxy) is 2. The minimum Gasteiger partial charge on any atom is -0.492 e. The van der Waals surface area contributed by atoms with Gasteiger partial charge in [0.05, 0.1) is 18.9 Å². The van der Waals surface area contributed by atoms with Gasteiger partial charge < -0.3 is 139 Å². The smallest absolute Gasteiger partial charge is 0.246 e. The summed E-state index contributed by atoms with van der Waals surface area (Å²) >= 11 is 0.867. The molecule has 0 bridgehead atoms. The van der Waals surface area contributed by atoms with Gasteiger partial charge in [0, 0.05) is 101 Å². The van der Waals surface area contributed by atoms with Crippen LogP contribution < -0.4 is 125 Å². The third-order valence-electron chi connectivity index (χ3n) is 26.1. The van der Waals surface area contributed by atoms with Crippen LogP contribution in [0.5, 0.6) is 5.75 Å². The number of carbonyl (C=O) groups is 18. The monoisotopic (exact) mass is 2010 g/mol. The summed E-state index contributed by atoms with van der Waals surface area (Å²) in [5, 5.41) is 61.4. The Morgan fingerprint density at radius 1 is 0.566 bits per heavy atom. The second-order valence-corrected chi connectivity index (χ2v) is 38.2. The Labute approximate surface area is 832 Å². The molecule has 1 aromatic heterocycles. The van der Waals surface area contributed by atoms with Crippen molar-refractivity contribution in [2.24, 2.45) is 57.9 Å². The molecule has 32 N–H and O–H groups in total. The Balaban J connectivity index is 1.10. The van der Waals surface area contributed by atoms with Crippen molar-refractivity contribution in [3.8, 4) is 5.75 Å². The molecule has 3 heterocycles. The number of fused-ring (bicyclic) bond motifs is 2. The largest absolute Gasteiger partial charge is 0.492 e. The number of aromatic nitrogens is 1. The van der Waals surface area contributed by atoms with E-state index in [2.05, 4.69) is 84.7 Å². The van der Waals surface area contributed by atoms with E-state index in [-0.39, 0.29) is 90.0 Å². The molecule has 4 aliphatic rings. The SMILES string of the molecule is CC(=O)NC(CCCNC(=N)N)C(=O)NC1CCSCC(C(=O)NC(Cc2ccc(OCCN)cc2)C(=O)NC(Cc2ccc3ccccc3c2)C(=O)NC2(C(=O)NC(CCCCNCC3CCCCC3C3CCCCC3)C(=O)NC(CC(N)=O)C(=O)NC(CC(N)=O)C(N)=O)CCOCC2)NC(=O)C(CCC(N)=O)NC(=O)C(Cc2c[nH]c3ccccc23)NC(=O)C(C(C)O)NC(=O)C(CCC(N)=O)NC1=O. The summed E-state index contributed by atoms with van der Waals surface area (Å²) in [5.74, 6) is -18.0. The quantitative estimate of drug-likeness (QED) is 0.0104. The lowest BCUT2D eigenvalue weighted by molar-refractivity contribution is -0.141. The lowest BCUT2D eigenvalue weighted by Gasteiger charge is -2.39. The van der Waals surface area contributed by atoms with Crippen LogP contribution in [0.4, 0.5) is 0 Å². The van der Waals surface area contributed by atoms with E-state index < -0.39 is 254 Å². The number of thioether (sulfide) groups is 1. The van der Waals surface area contributed by atoms with Gasteiger partial charge in [-0.2, -0.15) is 11.8 Å². The van der Waals surface area contributed by atoms with E-state index in [4.69, 9.17) is 55.0 Å². The summed E-state index contributed by atoms with van der Waals surface area (Å²) in [6.45, 7) is 3.52. The molecule has 2 aliphatic carbocycles. The Morgan fingerprint density at radius 3 is 1.81 bits per heavy atom. The number of H-pyrrole nitrogens is 1. The highest BCUT2D eigenvalue weighted by molar-refractivity contribution is 7.99. The molecule has 143 heavy (non-hydrogen) atoms. The number of aliphatic hydroxyl groups is 1. The number of guanidine groups is 1. The number of amides is 18. The average Bonchev–Trinajstić information content (AvgIpc) is 1.24. The van der Waals surface area contributed by atoms with Crippen LogP contribution in [0.2, 0.25) is 0 Å². The molecule has 2 saturated carbocycles. The summed E-state index contributed by atoms with van der Waals surface area (Å²) in [6.07, 6.45) is 5.16. The van der Waals surface area contributed by atoms with E-state index in [0.717, 1.165) is 50.4 Å². The highest BCUT2D eigenvalue weighted by Gasteiger charge is 2.46. The zero-order valence-electron chi connectivity index (χ0n) is 80.8. The summed E-state index contributed by atoms with van der Waals surface area (Å²) < 4.78 is 11.6. The third-order valence-corrected chi connectivity index (χ3v) is 27.2. The maximum absolute atomic E-state index is 16.1. The van der Waals surface area contributed by atoms with Gasteiger partial charge in [0.15, 0.2) is 5.96 Å². The fraction of sp³-hybridized carbons (Fsp3) is 0.557. The number of rotatable bonds is 48. The highest BCUT2D eigenvalue weighted by atomic mass is 32.2. The van der Waals surface area contributed by atoms with Crippen molar-refractivity contribution in [3.05, 3.63) is 114 Å². The first-order chi connectivity index (χ1) is 68.4. The average molecular weight is 2010 g/mol. The summed E-state index contributed by atoms with van der Waals surface area (Å²) in [6, 6.07) is 4.84. The van der Waals surface area contributed by atoms with Crippen molar-refractivity contribution in [2.75, 3.05) is 57.5 Å². The minimum atomic E-state index is -1.99. The van der Waals surface area contributed by atoms with Crippen molar-refractivity contribution in [2.45, 2.75) is 265 Å². The van der Waals surface area contributed by atoms with Gasteiger partial charge in [-0.1, -0.05) is 118 Å². The molecule has 15 atom stereocenters. The maximum atomic E-state index is 16.1. The van der Waals surface area contributed by atoms with Crippen molar-refractivity contribution in [1.29, 1.82) is 5.41 Å².